The average Bonchev–Trinajstić information content (AvgIpc) is 3.29. The van der Waals surface area contributed by atoms with Crippen molar-refractivity contribution in [3.63, 3.8) is 0 Å². The van der Waals surface area contributed by atoms with Gasteiger partial charge < -0.3 is 9.64 Å². The minimum absolute atomic E-state index is 0. The number of nitrogens with one attached hydrogen (secondary N) is 1. The van der Waals surface area contributed by atoms with Gasteiger partial charge in [0.1, 0.15) is 17.1 Å². The van der Waals surface area contributed by atoms with E-state index in [0.29, 0.717) is 17.9 Å². The number of ether oxygens (including phenoxy) is 1. The van der Waals surface area contributed by atoms with E-state index in [-0.39, 0.29) is 36.1 Å². The SMILES string of the molecule is CCOc1ccc(F)c(-c2cc(C(C)C)nc([C@@H]3CC[C@]4(CCN(C)C4=O)N3)c2)c1.Cl. The summed E-state index contributed by atoms with van der Waals surface area (Å²) >= 11 is 0. The number of halogens is 2. The molecule has 5 nitrogen and oxygen atoms in total. The van der Waals surface area contributed by atoms with E-state index in [0.717, 1.165) is 42.8 Å². The molecule has 4 rings (SSSR count). The first-order chi connectivity index (χ1) is 14.3. The summed E-state index contributed by atoms with van der Waals surface area (Å²) in [5.41, 5.74) is 2.61. The summed E-state index contributed by atoms with van der Waals surface area (Å²) < 4.78 is 20.3. The maximum atomic E-state index is 14.7. The van der Waals surface area contributed by atoms with Crippen LogP contribution in [0.15, 0.2) is 30.3 Å². The zero-order valence-electron chi connectivity index (χ0n) is 18.6. The Morgan fingerprint density at radius 1 is 1.29 bits per heavy atom. The highest BCUT2D eigenvalue weighted by atomic mass is 35.5. The Labute approximate surface area is 189 Å². The normalized spacial score (nSPS) is 23.0. The van der Waals surface area contributed by atoms with Crippen molar-refractivity contribution in [1.29, 1.82) is 0 Å². The summed E-state index contributed by atoms with van der Waals surface area (Å²) in [5.74, 6) is 0.738. The summed E-state index contributed by atoms with van der Waals surface area (Å²) in [6, 6.07) is 8.75. The summed E-state index contributed by atoms with van der Waals surface area (Å²) in [7, 11) is 1.86. The molecule has 0 unspecified atom stereocenters. The second-order valence-corrected chi connectivity index (χ2v) is 8.73. The van der Waals surface area contributed by atoms with Crippen LogP contribution in [0.4, 0.5) is 4.39 Å². The Morgan fingerprint density at radius 3 is 2.71 bits per heavy atom. The largest absolute Gasteiger partial charge is 0.494 e. The Balaban J connectivity index is 0.00000272. The van der Waals surface area contributed by atoms with Crippen LogP contribution in [0.2, 0.25) is 0 Å². The minimum Gasteiger partial charge on any atom is -0.494 e. The van der Waals surface area contributed by atoms with Gasteiger partial charge in [0.2, 0.25) is 5.91 Å². The fourth-order valence-electron chi connectivity index (χ4n) is 4.57. The molecule has 3 heterocycles. The monoisotopic (exact) mass is 447 g/mol. The Hall–Kier alpha value is -2.18. The molecular weight excluding hydrogens is 417 g/mol. The van der Waals surface area contributed by atoms with Gasteiger partial charge in [-0.1, -0.05) is 13.8 Å². The lowest BCUT2D eigenvalue weighted by Crippen LogP contribution is -2.47. The number of carbonyl (C=O) groups excluding carboxylic acids is 1. The molecule has 0 saturated carbocycles. The number of hydrogen-bond donors (Lipinski definition) is 1. The first-order valence-corrected chi connectivity index (χ1v) is 10.8. The highest BCUT2D eigenvalue weighted by molar-refractivity contribution is 5.88. The molecule has 1 amide bonds. The third-order valence-electron chi connectivity index (χ3n) is 6.31. The van der Waals surface area contributed by atoms with Crippen LogP contribution in [-0.2, 0) is 4.79 Å². The number of nitrogens with zero attached hydrogens (tertiary/aromatic N) is 2. The van der Waals surface area contributed by atoms with Crippen LogP contribution >= 0.6 is 12.4 Å². The Kier molecular flexibility index (Phi) is 6.92. The number of amides is 1. The number of benzene rings is 1. The molecule has 1 N–H and O–H groups in total. The summed E-state index contributed by atoms with van der Waals surface area (Å²) in [4.78, 5) is 19.4. The molecule has 2 atom stereocenters. The molecule has 0 bridgehead atoms. The van der Waals surface area contributed by atoms with Crippen LogP contribution in [-0.4, -0.2) is 41.5 Å². The first kappa shape index (κ1) is 23.5. The van der Waals surface area contributed by atoms with Crippen molar-refractivity contribution in [2.24, 2.45) is 0 Å². The van der Waals surface area contributed by atoms with E-state index in [4.69, 9.17) is 9.72 Å². The number of aromatic nitrogens is 1. The van der Waals surface area contributed by atoms with E-state index in [1.807, 2.05) is 26.1 Å². The molecule has 0 aliphatic carbocycles. The van der Waals surface area contributed by atoms with Crippen molar-refractivity contribution in [2.75, 3.05) is 20.2 Å². The van der Waals surface area contributed by atoms with Crippen molar-refractivity contribution in [1.82, 2.24) is 15.2 Å². The van der Waals surface area contributed by atoms with Gasteiger partial charge in [-0.15, -0.1) is 12.4 Å². The topological polar surface area (TPSA) is 54.5 Å². The molecule has 2 saturated heterocycles. The molecule has 1 spiro atoms. The number of hydrogen-bond acceptors (Lipinski definition) is 4. The second kappa shape index (κ2) is 9.13. The Bertz CT molecular complexity index is 968. The van der Waals surface area contributed by atoms with E-state index in [2.05, 4.69) is 19.2 Å². The smallest absolute Gasteiger partial charge is 0.242 e. The van der Waals surface area contributed by atoms with Crippen LogP contribution < -0.4 is 10.1 Å². The molecule has 2 aliphatic heterocycles. The molecule has 1 aromatic carbocycles. The summed E-state index contributed by atoms with van der Waals surface area (Å²) in [6.07, 6.45) is 2.47. The summed E-state index contributed by atoms with van der Waals surface area (Å²) in [5, 5.41) is 3.58. The average molecular weight is 448 g/mol. The maximum Gasteiger partial charge on any atom is 0.242 e. The van der Waals surface area contributed by atoms with Crippen LogP contribution in [0.5, 0.6) is 5.75 Å². The van der Waals surface area contributed by atoms with Gasteiger partial charge in [0.15, 0.2) is 0 Å². The summed E-state index contributed by atoms with van der Waals surface area (Å²) in [6.45, 7) is 7.39. The molecule has 168 valence electrons. The highest BCUT2D eigenvalue weighted by Gasteiger charge is 2.50. The lowest BCUT2D eigenvalue weighted by Gasteiger charge is -2.24. The van der Waals surface area contributed by atoms with E-state index in [1.165, 1.54) is 6.07 Å². The van der Waals surface area contributed by atoms with E-state index < -0.39 is 5.54 Å². The maximum absolute atomic E-state index is 14.7. The fourth-order valence-corrected chi connectivity index (χ4v) is 4.57. The van der Waals surface area contributed by atoms with Crippen molar-refractivity contribution in [3.8, 4) is 16.9 Å². The van der Waals surface area contributed by atoms with Crippen molar-refractivity contribution < 1.29 is 13.9 Å². The number of likely N-dealkylation sites (tertiary alicyclic amines) is 1. The second-order valence-electron chi connectivity index (χ2n) is 8.73. The van der Waals surface area contributed by atoms with Crippen molar-refractivity contribution >= 4 is 18.3 Å². The van der Waals surface area contributed by atoms with Crippen LogP contribution in [0, 0.1) is 5.82 Å². The predicted octanol–water partition coefficient (Wildman–Crippen LogP) is 4.86. The number of carbonyl (C=O) groups is 1. The first-order valence-electron chi connectivity index (χ1n) is 10.8. The number of likely N-dealkylation sites (N-methyl/N-ethyl adjacent to an activating group) is 1. The molecule has 1 aromatic heterocycles. The van der Waals surface area contributed by atoms with Gasteiger partial charge in [0, 0.05) is 24.8 Å². The standard InChI is InChI=1S/C24H30FN3O2.ClH/c1-5-30-17-6-7-19(25)18(14-17)16-12-21(15(2)3)26-22(13-16)20-8-9-24(27-20)10-11-28(4)23(24)29;/h6-7,12-15,20,27H,5,8-11H2,1-4H3;1H/t20-,24+;/m0./s1. The quantitative estimate of drug-likeness (QED) is 0.711. The fraction of sp³-hybridized carbons (Fsp3) is 0.500. The third kappa shape index (κ3) is 4.41. The number of pyridine rings is 1. The lowest BCUT2D eigenvalue weighted by molar-refractivity contribution is -0.131. The Morgan fingerprint density at radius 2 is 2.06 bits per heavy atom. The highest BCUT2D eigenvalue weighted by Crippen LogP contribution is 2.40. The van der Waals surface area contributed by atoms with Crippen LogP contribution in [0.1, 0.15) is 63.4 Å². The van der Waals surface area contributed by atoms with Gasteiger partial charge in [-0.05, 0) is 68.0 Å². The van der Waals surface area contributed by atoms with Crippen molar-refractivity contribution in [3.05, 3.63) is 47.5 Å². The van der Waals surface area contributed by atoms with Gasteiger partial charge in [0.25, 0.3) is 0 Å². The van der Waals surface area contributed by atoms with Gasteiger partial charge >= 0.3 is 0 Å². The molecule has 2 fully saturated rings. The van der Waals surface area contributed by atoms with Crippen LogP contribution in [0.3, 0.4) is 0 Å². The molecule has 0 radical (unpaired) electrons. The van der Waals surface area contributed by atoms with Gasteiger partial charge in [-0.25, -0.2) is 4.39 Å². The van der Waals surface area contributed by atoms with Gasteiger partial charge in [-0.2, -0.15) is 0 Å². The lowest BCUT2D eigenvalue weighted by atomic mass is 9.96. The molecule has 2 aliphatic rings. The predicted molar refractivity (Wildman–Crippen MR) is 122 cm³/mol. The zero-order valence-corrected chi connectivity index (χ0v) is 19.4. The third-order valence-corrected chi connectivity index (χ3v) is 6.31. The molecular formula is C24H31ClFN3O2. The van der Waals surface area contributed by atoms with Crippen LogP contribution in [0.25, 0.3) is 11.1 Å². The van der Waals surface area contributed by atoms with E-state index in [9.17, 15) is 9.18 Å². The van der Waals surface area contributed by atoms with Crippen molar-refractivity contribution in [2.45, 2.75) is 57.5 Å². The van der Waals surface area contributed by atoms with Gasteiger partial charge in [0.05, 0.1) is 18.3 Å². The van der Waals surface area contributed by atoms with Gasteiger partial charge in [-0.3, -0.25) is 15.1 Å². The molecule has 2 aromatic rings. The number of rotatable bonds is 5. The molecule has 31 heavy (non-hydrogen) atoms. The minimum atomic E-state index is -0.477. The molecule has 7 heteroatoms. The zero-order chi connectivity index (χ0) is 21.5. The van der Waals surface area contributed by atoms with E-state index in [1.54, 1.807) is 17.0 Å². The van der Waals surface area contributed by atoms with E-state index >= 15 is 0 Å².